The molecule has 7 aliphatic rings. The molecular formula is C39H64B2O6. The first-order chi connectivity index (χ1) is 22.6. The summed E-state index contributed by atoms with van der Waals surface area (Å²) in [5, 5.41) is 0. The van der Waals surface area contributed by atoms with Gasteiger partial charge in [-0.05, 0) is 123 Å². The van der Waals surface area contributed by atoms with E-state index in [1.165, 1.54) is 44.9 Å². The number of allylic oxidation sites excluding steroid dienone is 3. The predicted octanol–water partition coefficient (Wildman–Crippen LogP) is 8.77. The van der Waals surface area contributed by atoms with Crippen LogP contribution in [0.1, 0.15) is 113 Å². The van der Waals surface area contributed by atoms with Crippen molar-refractivity contribution in [3.05, 3.63) is 23.8 Å². The summed E-state index contributed by atoms with van der Waals surface area (Å²) in [7, 11) is -0.375. The van der Waals surface area contributed by atoms with E-state index < -0.39 is 6.29 Å². The smallest absolute Gasteiger partial charge is 0.408 e. The van der Waals surface area contributed by atoms with Gasteiger partial charge in [0.05, 0.1) is 18.8 Å². The van der Waals surface area contributed by atoms with Crippen molar-refractivity contribution in [2.45, 2.75) is 163 Å². The van der Waals surface area contributed by atoms with E-state index in [1.54, 1.807) is 5.57 Å². The Morgan fingerprint density at radius 1 is 0.894 bits per heavy atom. The van der Waals surface area contributed by atoms with E-state index in [0.717, 1.165) is 55.1 Å². The topological polar surface area (TPSA) is 55.4 Å². The molecule has 4 aliphatic carbocycles. The van der Waals surface area contributed by atoms with Crippen LogP contribution in [0.25, 0.3) is 0 Å². The van der Waals surface area contributed by atoms with Gasteiger partial charge < -0.3 is 28.1 Å². The molecule has 8 heteroatoms. The summed E-state index contributed by atoms with van der Waals surface area (Å²) in [5.41, 5.74) is 2.43. The lowest BCUT2D eigenvalue weighted by Crippen LogP contribution is -2.51. The van der Waals surface area contributed by atoms with Crippen LogP contribution in [0.5, 0.6) is 0 Å². The summed E-state index contributed by atoms with van der Waals surface area (Å²) in [6, 6.07) is 0. The quantitative estimate of drug-likeness (QED) is 0.174. The molecule has 3 aliphatic heterocycles. The Morgan fingerprint density at radius 2 is 1.68 bits per heavy atom. The molecule has 0 radical (unpaired) electrons. The molecule has 0 bridgehead atoms. The molecule has 6 nitrogen and oxygen atoms in total. The first-order valence-electron chi connectivity index (χ1n) is 19.9. The fraction of sp³-hybridized carbons (Fsp3) is 0.897. The van der Waals surface area contributed by atoms with Crippen LogP contribution < -0.4 is 0 Å². The molecule has 3 saturated heterocycles. The molecule has 3 saturated carbocycles. The van der Waals surface area contributed by atoms with E-state index in [9.17, 15) is 0 Å². The zero-order valence-electron chi connectivity index (χ0n) is 30.8. The second-order valence-electron chi connectivity index (χ2n) is 17.4. The highest BCUT2D eigenvalue weighted by Gasteiger charge is 2.61. The van der Waals surface area contributed by atoms with Gasteiger partial charge in [0.1, 0.15) is 18.3 Å². The summed E-state index contributed by atoms with van der Waals surface area (Å²) < 4.78 is 38.2. The van der Waals surface area contributed by atoms with Gasteiger partial charge in [0.2, 0.25) is 0 Å². The van der Waals surface area contributed by atoms with Crippen molar-refractivity contribution in [3.8, 4) is 0 Å². The van der Waals surface area contributed by atoms with E-state index in [4.69, 9.17) is 28.1 Å². The lowest BCUT2D eigenvalue weighted by Gasteiger charge is -2.58. The second-order valence-corrected chi connectivity index (χ2v) is 17.4. The van der Waals surface area contributed by atoms with E-state index in [1.807, 2.05) is 0 Å². The Balaban J connectivity index is 1.01. The molecular weight excluding hydrogens is 586 g/mol. The Hall–Kier alpha value is -0.630. The number of hydrogen-bond donors (Lipinski definition) is 0. The fourth-order valence-electron chi connectivity index (χ4n) is 11.9. The van der Waals surface area contributed by atoms with Crippen molar-refractivity contribution in [1.29, 1.82) is 0 Å². The van der Waals surface area contributed by atoms with Gasteiger partial charge in [-0.25, -0.2) is 0 Å². The minimum absolute atomic E-state index is 0.146. The maximum absolute atomic E-state index is 6.85. The average Bonchev–Trinajstić information content (AvgIpc) is 3.84. The van der Waals surface area contributed by atoms with Gasteiger partial charge in [-0.1, -0.05) is 79.2 Å². The van der Waals surface area contributed by atoms with Crippen LogP contribution >= 0.6 is 0 Å². The molecule has 6 fully saturated rings. The Morgan fingerprint density at radius 3 is 2.40 bits per heavy atom. The lowest BCUT2D eigenvalue weighted by atomic mass is 9.47. The molecule has 14 atom stereocenters. The standard InChI is InChI=1S/C39H64B2O6/c1-9-26(24(4)5)13-12-25(6)30-16-17-31-29-15-14-27-22-28(18-20-38(27,7)32(29)19-21-39(30,31)8)43-37-36-35(46-41(11-3)47-36)34(44-37)33-23-42-40(10-2)45-33/h12-14,24-26,28-37H,9-11,15-23H2,1-8H3/b13-12+. The maximum Gasteiger partial charge on any atom is 0.457 e. The van der Waals surface area contributed by atoms with Gasteiger partial charge in [0.25, 0.3) is 0 Å². The highest BCUT2D eigenvalue weighted by molar-refractivity contribution is 6.45. The number of rotatable bonds is 10. The number of fused-ring (bicyclic) bond motifs is 6. The largest absolute Gasteiger partial charge is 0.457 e. The predicted molar refractivity (Wildman–Crippen MR) is 189 cm³/mol. The summed E-state index contributed by atoms with van der Waals surface area (Å²) in [6.45, 7) is 19.6. The molecule has 0 N–H and O–H groups in total. The molecule has 7 rings (SSSR count). The third-order valence-corrected chi connectivity index (χ3v) is 14.7. The lowest BCUT2D eigenvalue weighted by molar-refractivity contribution is -0.203. The SMILES string of the molecule is CCB1OCC(C2OC(OC3CCC4(C)C(=CCC5C4CCC4(C)C(C(C)/C=C/C(CC)C(C)C)CCC54)C3)C3OB(CC)OC23)O1. The van der Waals surface area contributed by atoms with Gasteiger partial charge in [0, 0.05) is 0 Å². The molecule has 262 valence electrons. The highest BCUT2D eigenvalue weighted by atomic mass is 16.8. The number of ether oxygens (including phenoxy) is 2. The fourth-order valence-corrected chi connectivity index (χ4v) is 11.9. The van der Waals surface area contributed by atoms with Crippen LogP contribution in [0.4, 0.5) is 0 Å². The van der Waals surface area contributed by atoms with Crippen LogP contribution in [0.2, 0.25) is 12.6 Å². The van der Waals surface area contributed by atoms with Gasteiger partial charge in [-0.3, -0.25) is 0 Å². The van der Waals surface area contributed by atoms with Crippen LogP contribution in [0.3, 0.4) is 0 Å². The Kier molecular flexibility index (Phi) is 10.2. The van der Waals surface area contributed by atoms with E-state index >= 15 is 0 Å². The summed E-state index contributed by atoms with van der Waals surface area (Å²) in [6.07, 6.45) is 19.9. The van der Waals surface area contributed by atoms with Crippen molar-refractivity contribution in [2.75, 3.05) is 6.61 Å². The minimum Gasteiger partial charge on any atom is -0.408 e. The molecule has 47 heavy (non-hydrogen) atoms. The van der Waals surface area contributed by atoms with Crippen LogP contribution in [0.15, 0.2) is 23.8 Å². The summed E-state index contributed by atoms with van der Waals surface area (Å²) >= 11 is 0. The monoisotopic (exact) mass is 650 g/mol. The molecule has 0 aromatic rings. The summed E-state index contributed by atoms with van der Waals surface area (Å²) in [5.74, 6) is 5.42. The van der Waals surface area contributed by atoms with Crippen molar-refractivity contribution in [1.82, 2.24) is 0 Å². The first-order valence-corrected chi connectivity index (χ1v) is 19.9. The van der Waals surface area contributed by atoms with Gasteiger partial charge in [0.15, 0.2) is 6.29 Å². The van der Waals surface area contributed by atoms with E-state index in [0.29, 0.717) is 29.3 Å². The van der Waals surface area contributed by atoms with E-state index in [-0.39, 0.29) is 44.8 Å². The molecule has 0 aromatic carbocycles. The molecule has 0 spiro atoms. The van der Waals surface area contributed by atoms with Crippen molar-refractivity contribution in [3.63, 3.8) is 0 Å². The summed E-state index contributed by atoms with van der Waals surface area (Å²) in [4.78, 5) is 0. The molecule has 0 aromatic heterocycles. The van der Waals surface area contributed by atoms with Gasteiger partial charge in [-0.2, -0.15) is 0 Å². The maximum atomic E-state index is 6.85. The second kappa shape index (κ2) is 13.8. The minimum atomic E-state index is -0.424. The van der Waals surface area contributed by atoms with Gasteiger partial charge in [-0.15, -0.1) is 0 Å². The first kappa shape index (κ1) is 34.8. The van der Waals surface area contributed by atoms with E-state index in [2.05, 4.69) is 73.6 Å². The average molecular weight is 651 g/mol. The molecule has 3 heterocycles. The molecule has 0 amide bonds. The van der Waals surface area contributed by atoms with Crippen molar-refractivity contribution in [2.24, 2.45) is 52.3 Å². The van der Waals surface area contributed by atoms with Crippen LogP contribution in [-0.4, -0.2) is 57.7 Å². The number of hydrogen-bond acceptors (Lipinski definition) is 6. The zero-order valence-corrected chi connectivity index (χ0v) is 30.8. The molecule has 14 unspecified atom stereocenters. The Labute approximate surface area is 287 Å². The van der Waals surface area contributed by atoms with Crippen molar-refractivity contribution >= 4 is 14.2 Å². The Bertz CT molecular complexity index is 1160. The van der Waals surface area contributed by atoms with Gasteiger partial charge >= 0.3 is 14.2 Å². The third kappa shape index (κ3) is 6.19. The van der Waals surface area contributed by atoms with Crippen molar-refractivity contribution < 1.29 is 28.1 Å². The van der Waals surface area contributed by atoms with Crippen LogP contribution in [0, 0.1) is 52.3 Å². The zero-order chi connectivity index (χ0) is 33.1. The normalized spacial score (nSPS) is 46.0. The highest BCUT2D eigenvalue weighted by Crippen LogP contribution is 2.67. The van der Waals surface area contributed by atoms with Crippen LogP contribution in [-0.2, 0) is 28.1 Å². The third-order valence-electron chi connectivity index (χ3n) is 14.7.